The molecule has 0 atom stereocenters. The second-order valence-corrected chi connectivity index (χ2v) is 6.30. The number of halogens is 2. The van der Waals surface area contributed by atoms with Crippen LogP contribution in [0, 0.1) is 0 Å². The third kappa shape index (κ3) is 8.41. The number of pyridine rings is 1. The van der Waals surface area contributed by atoms with Crippen molar-refractivity contribution in [2.24, 2.45) is 0 Å². The van der Waals surface area contributed by atoms with E-state index in [0.29, 0.717) is 17.1 Å². The van der Waals surface area contributed by atoms with Gasteiger partial charge < -0.3 is 9.47 Å². The fourth-order valence-electron chi connectivity index (χ4n) is 1.72. The zero-order valence-electron chi connectivity index (χ0n) is 12.2. The summed E-state index contributed by atoms with van der Waals surface area (Å²) < 4.78 is 11.9. The zero-order chi connectivity index (χ0) is 15.5. The number of hydrogen-bond acceptors (Lipinski definition) is 4. The highest BCUT2D eigenvalue weighted by atomic mass is 79.9. The Morgan fingerprint density at radius 3 is 2.57 bits per heavy atom. The van der Waals surface area contributed by atoms with E-state index in [1.807, 2.05) is 0 Å². The first-order valence-corrected chi connectivity index (χ1v) is 8.82. The molecule has 0 amide bonds. The number of esters is 1. The molecule has 0 aliphatic rings. The molecule has 1 heterocycles. The van der Waals surface area contributed by atoms with Crippen LogP contribution in [0.3, 0.4) is 0 Å². The van der Waals surface area contributed by atoms with E-state index in [2.05, 4.69) is 43.8 Å². The molecular weight excluding hydrogens is 402 g/mol. The second-order valence-electron chi connectivity index (χ2n) is 4.70. The highest BCUT2D eigenvalue weighted by Gasteiger charge is 2.06. The molecule has 0 unspecified atom stereocenters. The van der Waals surface area contributed by atoms with Crippen LogP contribution >= 0.6 is 31.9 Å². The minimum absolute atomic E-state index is 0.114. The molecule has 1 rings (SSSR count). The molecule has 0 fully saturated rings. The number of ether oxygens (including phenoxy) is 2. The average Bonchev–Trinajstić information content (AvgIpc) is 2.47. The van der Waals surface area contributed by atoms with Gasteiger partial charge in [0.1, 0.15) is 4.60 Å². The van der Waals surface area contributed by atoms with Gasteiger partial charge in [0.15, 0.2) is 6.61 Å². The van der Waals surface area contributed by atoms with E-state index >= 15 is 0 Å². The summed E-state index contributed by atoms with van der Waals surface area (Å²) in [7, 11) is 0. The molecule has 0 saturated heterocycles. The second kappa shape index (κ2) is 11.0. The van der Waals surface area contributed by atoms with Gasteiger partial charge in [-0.25, -0.2) is 9.78 Å². The Bertz CT molecular complexity index is 441. The van der Waals surface area contributed by atoms with Crippen molar-refractivity contribution in [1.82, 2.24) is 4.98 Å². The van der Waals surface area contributed by atoms with Crippen molar-refractivity contribution >= 4 is 37.8 Å². The highest BCUT2D eigenvalue weighted by Crippen LogP contribution is 2.23. The van der Waals surface area contributed by atoms with Crippen LogP contribution in [0.5, 0.6) is 5.88 Å². The fourth-order valence-corrected chi connectivity index (χ4v) is 2.25. The van der Waals surface area contributed by atoms with Crippen molar-refractivity contribution in [1.29, 1.82) is 0 Å². The smallest absolute Gasteiger partial charge is 0.344 e. The number of carbonyl (C=O) groups is 1. The van der Waals surface area contributed by atoms with Gasteiger partial charge in [-0.1, -0.05) is 39.0 Å². The SMILES string of the molecule is CCCCCCCCOC(=O)COc1ccc(Br)c(Br)n1. The Kier molecular flexibility index (Phi) is 9.67. The first-order valence-electron chi connectivity index (χ1n) is 7.24. The zero-order valence-corrected chi connectivity index (χ0v) is 15.4. The Balaban J connectivity index is 2.09. The molecule has 0 bridgehead atoms. The standard InChI is InChI=1S/C15H21Br2NO3/c1-2-3-4-5-6-7-10-20-14(19)11-21-13-9-8-12(16)15(17)18-13/h8-9H,2-7,10-11H2,1H3. The van der Waals surface area contributed by atoms with Crippen molar-refractivity contribution in [2.45, 2.75) is 45.4 Å². The molecule has 1 aromatic heterocycles. The maximum atomic E-state index is 11.5. The van der Waals surface area contributed by atoms with Crippen molar-refractivity contribution in [3.63, 3.8) is 0 Å². The van der Waals surface area contributed by atoms with E-state index in [4.69, 9.17) is 9.47 Å². The van der Waals surface area contributed by atoms with E-state index in [1.54, 1.807) is 12.1 Å². The molecule has 0 aliphatic carbocycles. The molecule has 0 radical (unpaired) electrons. The van der Waals surface area contributed by atoms with Gasteiger partial charge in [0, 0.05) is 6.07 Å². The molecule has 0 spiro atoms. The van der Waals surface area contributed by atoms with Crippen LogP contribution in [-0.4, -0.2) is 24.2 Å². The van der Waals surface area contributed by atoms with Gasteiger partial charge in [-0.2, -0.15) is 0 Å². The number of unbranched alkanes of at least 4 members (excludes halogenated alkanes) is 5. The number of nitrogens with zero attached hydrogens (tertiary/aromatic N) is 1. The molecular formula is C15H21Br2NO3. The fraction of sp³-hybridized carbons (Fsp3) is 0.600. The van der Waals surface area contributed by atoms with Crippen molar-refractivity contribution in [3.8, 4) is 5.88 Å². The lowest BCUT2D eigenvalue weighted by atomic mass is 10.1. The van der Waals surface area contributed by atoms with Crippen LogP contribution < -0.4 is 4.74 Å². The predicted octanol–water partition coefficient (Wildman–Crippen LogP) is 4.89. The quantitative estimate of drug-likeness (QED) is 0.306. The van der Waals surface area contributed by atoms with Gasteiger partial charge >= 0.3 is 5.97 Å². The molecule has 4 nitrogen and oxygen atoms in total. The Hall–Kier alpha value is -0.620. The topological polar surface area (TPSA) is 48.4 Å². The summed E-state index contributed by atoms with van der Waals surface area (Å²) >= 11 is 6.59. The van der Waals surface area contributed by atoms with Gasteiger partial charge in [-0.05, 0) is 44.3 Å². The molecule has 0 N–H and O–H groups in total. The molecule has 118 valence electrons. The molecule has 0 saturated carbocycles. The summed E-state index contributed by atoms with van der Waals surface area (Å²) in [6.45, 7) is 2.54. The van der Waals surface area contributed by atoms with Crippen LogP contribution in [0.4, 0.5) is 0 Å². The number of rotatable bonds is 10. The summed E-state index contributed by atoms with van der Waals surface area (Å²) in [5.41, 5.74) is 0. The lowest BCUT2D eigenvalue weighted by Gasteiger charge is -2.07. The van der Waals surface area contributed by atoms with Crippen LogP contribution in [0.25, 0.3) is 0 Å². The lowest BCUT2D eigenvalue weighted by Crippen LogP contribution is -2.16. The minimum Gasteiger partial charge on any atom is -0.466 e. The first-order chi connectivity index (χ1) is 10.1. The maximum Gasteiger partial charge on any atom is 0.344 e. The summed E-state index contributed by atoms with van der Waals surface area (Å²) in [5, 5.41) is 0. The van der Waals surface area contributed by atoms with Crippen molar-refractivity contribution in [2.75, 3.05) is 13.2 Å². The van der Waals surface area contributed by atoms with Crippen molar-refractivity contribution in [3.05, 3.63) is 21.2 Å². The molecule has 21 heavy (non-hydrogen) atoms. The Morgan fingerprint density at radius 2 is 1.86 bits per heavy atom. The van der Waals surface area contributed by atoms with Gasteiger partial charge in [-0.15, -0.1) is 0 Å². The summed E-state index contributed by atoms with van der Waals surface area (Å²) in [4.78, 5) is 15.6. The molecule has 0 aromatic carbocycles. The van der Waals surface area contributed by atoms with E-state index in [0.717, 1.165) is 17.3 Å². The third-order valence-electron chi connectivity index (χ3n) is 2.88. The van der Waals surface area contributed by atoms with Crippen molar-refractivity contribution < 1.29 is 14.3 Å². The van der Waals surface area contributed by atoms with Gasteiger partial charge in [-0.3, -0.25) is 0 Å². The van der Waals surface area contributed by atoms with Gasteiger partial charge in [0.05, 0.1) is 11.1 Å². The molecule has 0 aliphatic heterocycles. The van der Waals surface area contributed by atoms with Gasteiger partial charge in [0.25, 0.3) is 0 Å². The highest BCUT2D eigenvalue weighted by molar-refractivity contribution is 9.13. The number of aromatic nitrogens is 1. The van der Waals surface area contributed by atoms with Crippen LogP contribution in [0.15, 0.2) is 21.2 Å². The predicted molar refractivity (Wildman–Crippen MR) is 89.5 cm³/mol. The number of hydrogen-bond donors (Lipinski definition) is 0. The first kappa shape index (κ1) is 18.4. The Morgan fingerprint density at radius 1 is 1.14 bits per heavy atom. The van der Waals surface area contributed by atoms with Crippen LogP contribution in [0.1, 0.15) is 45.4 Å². The summed E-state index contributed by atoms with van der Waals surface area (Å²) in [6.07, 6.45) is 7.01. The average molecular weight is 423 g/mol. The minimum atomic E-state index is -0.357. The molecule has 6 heteroatoms. The van der Waals surface area contributed by atoms with E-state index in [-0.39, 0.29) is 12.6 Å². The third-order valence-corrected chi connectivity index (χ3v) is 4.65. The Labute approximate surface area is 142 Å². The largest absolute Gasteiger partial charge is 0.466 e. The summed E-state index contributed by atoms with van der Waals surface area (Å²) in [6, 6.07) is 3.49. The van der Waals surface area contributed by atoms with Gasteiger partial charge in [0.2, 0.25) is 5.88 Å². The lowest BCUT2D eigenvalue weighted by molar-refractivity contribution is -0.146. The van der Waals surface area contributed by atoms with E-state index in [9.17, 15) is 4.79 Å². The summed E-state index contributed by atoms with van der Waals surface area (Å²) in [5.74, 6) is 0.0333. The van der Waals surface area contributed by atoms with Crippen LogP contribution in [-0.2, 0) is 9.53 Å². The van der Waals surface area contributed by atoms with Crippen LogP contribution in [0.2, 0.25) is 0 Å². The normalized spacial score (nSPS) is 10.4. The maximum absolute atomic E-state index is 11.5. The van der Waals surface area contributed by atoms with E-state index < -0.39 is 0 Å². The monoisotopic (exact) mass is 421 g/mol. The van der Waals surface area contributed by atoms with E-state index in [1.165, 1.54) is 25.7 Å². The molecule has 1 aromatic rings. The number of carbonyl (C=O) groups excluding carboxylic acids is 1.